The zero-order valence-corrected chi connectivity index (χ0v) is 13.5. The van der Waals surface area contributed by atoms with Gasteiger partial charge in [0.25, 0.3) is 0 Å². The van der Waals surface area contributed by atoms with Crippen LogP contribution in [0.5, 0.6) is 0 Å². The van der Waals surface area contributed by atoms with Crippen molar-refractivity contribution in [2.45, 2.75) is 10.6 Å². The Bertz CT molecular complexity index is 846. The van der Waals surface area contributed by atoms with Gasteiger partial charge in [-0.3, -0.25) is 0 Å². The molecule has 2 heteroatoms. The van der Waals surface area contributed by atoms with Gasteiger partial charge in [-0.2, -0.15) is 0 Å². The van der Waals surface area contributed by atoms with Crippen LogP contribution in [0.25, 0.3) is 11.6 Å². The van der Waals surface area contributed by atoms with E-state index < -0.39 is 0 Å². The lowest BCUT2D eigenvalue weighted by molar-refractivity contribution is 1.39. The lowest BCUT2D eigenvalue weighted by Crippen LogP contribution is -1.92. The Balaban J connectivity index is 1.97. The third-order valence-corrected chi connectivity index (χ3v) is 5.21. The van der Waals surface area contributed by atoms with Crippen LogP contribution in [-0.4, -0.2) is 0 Å². The van der Waals surface area contributed by atoms with E-state index in [1.165, 1.54) is 27.2 Å². The molecule has 0 spiro atoms. The number of nitrogen functional groups attached to an aromatic ring is 1. The van der Waals surface area contributed by atoms with Gasteiger partial charge < -0.3 is 5.73 Å². The predicted octanol–water partition coefficient (Wildman–Crippen LogP) is 5.46. The van der Waals surface area contributed by atoms with E-state index >= 15 is 0 Å². The zero-order chi connectivity index (χ0) is 15.6. The lowest BCUT2D eigenvalue weighted by atomic mass is 9.92. The number of rotatable bonds is 1. The molecular weight excluding hydrogens is 298 g/mol. The molecule has 3 aromatic carbocycles. The van der Waals surface area contributed by atoms with Crippen LogP contribution in [0, 0.1) is 0 Å². The van der Waals surface area contributed by atoms with Gasteiger partial charge in [0, 0.05) is 16.3 Å². The topological polar surface area (TPSA) is 26.0 Å². The Hall–Kier alpha value is -2.45. The van der Waals surface area contributed by atoms with Gasteiger partial charge in [0.15, 0.2) is 0 Å². The molecule has 0 bridgehead atoms. The summed E-state index contributed by atoms with van der Waals surface area (Å²) < 4.78 is 0. The monoisotopic (exact) mass is 315 g/mol. The van der Waals surface area contributed by atoms with Gasteiger partial charge in [-0.15, -0.1) is 11.8 Å². The molecule has 0 saturated carbocycles. The highest BCUT2D eigenvalue weighted by atomic mass is 32.2. The first kappa shape index (κ1) is 14.2. The first-order valence-electron chi connectivity index (χ1n) is 7.69. The number of nitrogens with two attached hydrogens (primary N) is 1. The van der Waals surface area contributed by atoms with Crippen LogP contribution >= 0.6 is 11.8 Å². The third-order valence-electron chi connectivity index (χ3n) is 4.09. The fraction of sp³-hybridized carbons (Fsp3) is 0.0476. The molecule has 2 N–H and O–H groups in total. The quantitative estimate of drug-likeness (QED) is 0.603. The van der Waals surface area contributed by atoms with E-state index in [9.17, 15) is 0 Å². The summed E-state index contributed by atoms with van der Waals surface area (Å²) in [5.41, 5.74) is 13.1. The van der Waals surface area contributed by atoms with Crippen molar-refractivity contribution in [1.82, 2.24) is 0 Å². The number of thioether (sulfide) groups is 1. The van der Waals surface area contributed by atoms with E-state index in [-0.39, 0.29) is 0 Å². The van der Waals surface area contributed by atoms with Gasteiger partial charge in [0.2, 0.25) is 0 Å². The summed E-state index contributed by atoms with van der Waals surface area (Å²) in [6.45, 7) is 0. The molecule has 0 radical (unpaired) electrons. The Labute approximate surface area is 140 Å². The maximum atomic E-state index is 5.95. The SMILES string of the molecule is Nc1cccc(/C=C2\c3ccccc3CSc3ccccc32)c1. The molecule has 112 valence electrons. The second-order valence-electron chi connectivity index (χ2n) is 5.67. The number of hydrogen-bond acceptors (Lipinski definition) is 2. The van der Waals surface area contributed by atoms with E-state index in [2.05, 4.69) is 60.7 Å². The second kappa shape index (κ2) is 5.98. The number of benzene rings is 3. The van der Waals surface area contributed by atoms with Crippen molar-refractivity contribution in [3.8, 4) is 0 Å². The minimum Gasteiger partial charge on any atom is -0.399 e. The van der Waals surface area contributed by atoms with Crippen LogP contribution in [0.15, 0.2) is 77.7 Å². The van der Waals surface area contributed by atoms with Crippen molar-refractivity contribution in [2.24, 2.45) is 0 Å². The van der Waals surface area contributed by atoms with Crippen LogP contribution < -0.4 is 5.73 Å². The second-order valence-corrected chi connectivity index (χ2v) is 6.69. The van der Waals surface area contributed by atoms with Crippen molar-refractivity contribution < 1.29 is 0 Å². The minimum atomic E-state index is 0.795. The Morgan fingerprint density at radius 1 is 0.826 bits per heavy atom. The Morgan fingerprint density at radius 2 is 1.61 bits per heavy atom. The van der Waals surface area contributed by atoms with Crippen molar-refractivity contribution in [3.63, 3.8) is 0 Å². The molecule has 1 aliphatic heterocycles. The summed E-state index contributed by atoms with van der Waals surface area (Å²) in [7, 11) is 0. The zero-order valence-electron chi connectivity index (χ0n) is 12.7. The molecule has 0 saturated heterocycles. The van der Waals surface area contributed by atoms with Gasteiger partial charge in [-0.05, 0) is 52.1 Å². The number of fused-ring (bicyclic) bond motifs is 2. The van der Waals surface area contributed by atoms with E-state index in [0.29, 0.717) is 0 Å². The van der Waals surface area contributed by atoms with Gasteiger partial charge in [0.1, 0.15) is 0 Å². The van der Waals surface area contributed by atoms with E-state index in [1.54, 1.807) is 0 Å². The Morgan fingerprint density at radius 3 is 2.48 bits per heavy atom. The highest BCUT2D eigenvalue weighted by Gasteiger charge is 2.17. The average molecular weight is 315 g/mol. The highest BCUT2D eigenvalue weighted by Crippen LogP contribution is 2.40. The predicted molar refractivity (Wildman–Crippen MR) is 100 cm³/mol. The van der Waals surface area contributed by atoms with Gasteiger partial charge in [-0.25, -0.2) is 0 Å². The summed E-state index contributed by atoms with van der Waals surface area (Å²) in [6, 6.07) is 25.4. The molecular formula is C21H17NS. The largest absolute Gasteiger partial charge is 0.399 e. The van der Waals surface area contributed by atoms with E-state index in [0.717, 1.165) is 17.0 Å². The van der Waals surface area contributed by atoms with E-state index in [1.807, 2.05) is 30.0 Å². The molecule has 1 nitrogen and oxygen atoms in total. The van der Waals surface area contributed by atoms with Crippen LogP contribution in [0.1, 0.15) is 22.3 Å². The van der Waals surface area contributed by atoms with Gasteiger partial charge in [-0.1, -0.05) is 54.6 Å². The normalized spacial score (nSPS) is 14.9. The maximum Gasteiger partial charge on any atom is 0.0319 e. The van der Waals surface area contributed by atoms with Crippen molar-refractivity contribution >= 4 is 29.1 Å². The van der Waals surface area contributed by atoms with Crippen LogP contribution in [0.2, 0.25) is 0 Å². The molecule has 0 atom stereocenters. The fourth-order valence-corrected chi connectivity index (χ4v) is 4.07. The van der Waals surface area contributed by atoms with Crippen molar-refractivity contribution in [1.29, 1.82) is 0 Å². The first-order chi connectivity index (χ1) is 11.3. The summed E-state index contributed by atoms with van der Waals surface area (Å²) in [5, 5.41) is 0. The van der Waals surface area contributed by atoms with Crippen LogP contribution in [0.4, 0.5) is 5.69 Å². The molecule has 1 heterocycles. The van der Waals surface area contributed by atoms with E-state index in [4.69, 9.17) is 5.73 Å². The highest BCUT2D eigenvalue weighted by molar-refractivity contribution is 7.98. The average Bonchev–Trinajstić information content (AvgIpc) is 2.73. The summed E-state index contributed by atoms with van der Waals surface area (Å²) >= 11 is 1.90. The smallest absolute Gasteiger partial charge is 0.0319 e. The number of anilines is 1. The molecule has 0 aromatic heterocycles. The van der Waals surface area contributed by atoms with Crippen molar-refractivity contribution in [3.05, 3.63) is 95.1 Å². The minimum absolute atomic E-state index is 0.795. The molecule has 0 amide bonds. The summed E-state index contributed by atoms with van der Waals surface area (Å²) in [6.07, 6.45) is 2.25. The van der Waals surface area contributed by atoms with Crippen molar-refractivity contribution in [2.75, 3.05) is 5.73 Å². The summed E-state index contributed by atoms with van der Waals surface area (Å²) in [4.78, 5) is 1.33. The Kier molecular flexibility index (Phi) is 3.68. The first-order valence-corrected chi connectivity index (χ1v) is 8.67. The molecule has 0 fully saturated rings. The van der Waals surface area contributed by atoms with Gasteiger partial charge in [0.05, 0.1) is 0 Å². The van der Waals surface area contributed by atoms with Crippen LogP contribution in [-0.2, 0) is 5.75 Å². The molecule has 1 aliphatic rings. The third kappa shape index (κ3) is 2.78. The summed E-state index contributed by atoms with van der Waals surface area (Å²) in [5.74, 6) is 1.00. The number of hydrogen-bond donors (Lipinski definition) is 1. The molecule has 23 heavy (non-hydrogen) atoms. The molecule has 4 rings (SSSR count). The molecule has 0 unspecified atom stereocenters. The maximum absolute atomic E-state index is 5.95. The molecule has 3 aromatic rings. The molecule has 0 aliphatic carbocycles. The standard InChI is InChI=1S/C21H17NS/c22-17-8-5-6-15(12-17)13-20-18-9-2-1-7-16(18)14-23-21-11-4-3-10-19(20)21/h1-13H,14,22H2/b20-13+. The lowest BCUT2D eigenvalue weighted by Gasteiger charge is -2.11. The fourth-order valence-electron chi connectivity index (χ4n) is 3.00. The van der Waals surface area contributed by atoms with Crippen LogP contribution in [0.3, 0.4) is 0 Å². The van der Waals surface area contributed by atoms with Gasteiger partial charge >= 0.3 is 0 Å².